The van der Waals surface area contributed by atoms with E-state index in [1.54, 1.807) is 43.5 Å². The molecule has 0 atom stereocenters. The Hall–Kier alpha value is -2.16. The van der Waals surface area contributed by atoms with Gasteiger partial charge in [-0.15, -0.1) is 0 Å². The SMILES string of the molecule is CCc1ccc(OC)c(O)c1.Oc1ccccc1. The second-order valence-electron chi connectivity index (χ2n) is 3.70. The third kappa shape index (κ3) is 4.37. The van der Waals surface area contributed by atoms with Gasteiger partial charge in [0.2, 0.25) is 0 Å². The van der Waals surface area contributed by atoms with E-state index in [9.17, 15) is 5.11 Å². The molecule has 3 heteroatoms. The lowest BCUT2D eigenvalue weighted by molar-refractivity contribution is 0.373. The van der Waals surface area contributed by atoms with Gasteiger partial charge in [-0.1, -0.05) is 31.2 Å². The summed E-state index contributed by atoms with van der Waals surface area (Å²) < 4.78 is 4.89. The van der Waals surface area contributed by atoms with Crippen molar-refractivity contribution in [2.75, 3.05) is 7.11 Å². The van der Waals surface area contributed by atoms with E-state index in [-0.39, 0.29) is 5.75 Å². The van der Waals surface area contributed by atoms with E-state index in [0.29, 0.717) is 11.5 Å². The molecule has 0 bridgehead atoms. The molecule has 2 N–H and O–H groups in total. The van der Waals surface area contributed by atoms with E-state index in [1.165, 1.54) is 0 Å². The number of methoxy groups -OCH3 is 1. The molecular weight excluding hydrogens is 228 g/mol. The van der Waals surface area contributed by atoms with E-state index >= 15 is 0 Å². The molecule has 0 aromatic heterocycles. The van der Waals surface area contributed by atoms with Crippen LogP contribution in [0.25, 0.3) is 0 Å². The van der Waals surface area contributed by atoms with Crippen LogP contribution in [0, 0.1) is 0 Å². The minimum Gasteiger partial charge on any atom is -0.508 e. The van der Waals surface area contributed by atoms with Crippen LogP contribution < -0.4 is 4.74 Å². The van der Waals surface area contributed by atoms with E-state index in [4.69, 9.17) is 9.84 Å². The zero-order chi connectivity index (χ0) is 13.4. The molecule has 0 aliphatic rings. The fourth-order valence-electron chi connectivity index (χ4n) is 1.38. The van der Waals surface area contributed by atoms with Crippen LogP contribution in [0.3, 0.4) is 0 Å². The van der Waals surface area contributed by atoms with Gasteiger partial charge >= 0.3 is 0 Å². The van der Waals surface area contributed by atoms with Crippen molar-refractivity contribution in [2.45, 2.75) is 13.3 Å². The number of hydrogen-bond acceptors (Lipinski definition) is 3. The Kier molecular flexibility index (Phi) is 5.58. The second-order valence-corrected chi connectivity index (χ2v) is 3.70. The van der Waals surface area contributed by atoms with Gasteiger partial charge in [0.05, 0.1) is 7.11 Å². The first kappa shape index (κ1) is 13.9. The minimum atomic E-state index is 0.215. The Balaban J connectivity index is 0.000000199. The lowest BCUT2D eigenvalue weighted by Gasteiger charge is -2.03. The molecular formula is C15H18O3. The molecule has 0 radical (unpaired) electrons. The maximum Gasteiger partial charge on any atom is 0.160 e. The summed E-state index contributed by atoms with van der Waals surface area (Å²) in [4.78, 5) is 0. The molecule has 0 saturated heterocycles. The molecule has 0 fully saturated rings. The standard InChI is InChI=1S/C9H12O2.C6H6O/c1-3-7-4-5-9(11-2)8(10)6-7;7-6-4-2-1-3-5-6/h4-6,10H,3H2,1-2H3;1-5,7H. The van der Waals surface area contributed by atoms with E-state index in [0.717, 1.165) is 12.0 Å². The van der Waals surface area contributed by atoms with Crippen molar-refractivity contribution in [3.63, 3.8) is 0 Å². The molecule has 0 unspecified atom stereocenters. The highest BCUT2D eigenvalue weighted by atomic mass is 16.5. The van der Waals surface area contributed by atoms with E-state index < -0.39 is 0 Å². The summed E-state index contributed by atoms with van der Waals surface area (Å²) in [6, 6.07) is 14.1. The maximum atomic E-state index is 9.30. The van der Waals surface area contributed by atoms with E-state index in [1.807, 2.05) is 19.1 Å². The normalized spacial score (nSPS) is 9.22. The molecule has 2 aromatic carbocycles. The van der Waals surface area contributed by atoms with Gasteiger partial charge in [-0.25, -0.2) is 0 Å². The van der Waals surface area contributed by atoms with Crippen LogP contribution in [0.15, 0.2) is 48.5 Å². The first-order valence-corrected chi connectivity index (χ1v) is 5.77. The van der Waals surface area contributed by atoms with Gasteiger partial charge in [-0.3, -0.25) is 0 Å². The summed E-state index contributed by atoms with van der Waals surface area (Å²) in [5.74, 6) is 1.07. The topological polar surface area (TPSA) is 49.7 Å². The predicted molar refractivity (Wildman–Crippen MR) is 72.1 cm³/mol. The monoisotopic (exact) mass is 246 g/mol. The molecule has 2 rings (SSSR count). The molecule has 0 heterocycles. The van der Waals surface area contributed by atoms with Crippen LogP contribution in [0.2, 0.25) is 0 Å². The molecule has 0 spiro atoms. The van der Waals surface area contributed by atoms with Gasteiger partial charge in [0.25, 0.3) is 0 Å². The molecule has 0 aliphatic heterocycles. The van der Waals surface area contributed by atoms with Crippen LogP contribution in [0.4, 0.5) is 0 Å². The van der Waals surface area contributed by atoms with Crippen LogP contribution >= 0.6 is 0 Å². The first-order valence-electron chi connectivity index (χ1n) is 5.77. The number of benzene rings is 2. The van der Waals surface area contributed by atoms with Crippen LogP contribution in [0.1, 0.15) is 12.5 Å². The van der Waals surface area contributed by atoms with Gasteiger partial charge in [-0.05, 0) is 36.2 Å². The Morgan fingerprint density at radius 3 is 2.06 bits per heavy atom. The third-order valence-electron chi connectivity index (χ3n) is 2.41. The number of phenols is 2. The smallest absolute Gasteiger partial charge is 0.160 e. The largest absolute Gasteiger partial charge is 0.508 e. The number of rotatable bonds is 2. The van der Waals surface area contributed by atoms with Crippen molar-refractivity contribution in [1.82, 2.24) is 0 Å². The van der Waals surface area contributed by atoms with Gasteiger partial charge < -0.3 is 14.9 Å². The maximum absolute atomic E-state index is 9.30. The molecule has 0 saturated carbocycles. The Labute approximate surface area is 107 Å². The Morgan fingerprint density at radius 2 is 1.67 bits per heavy atom. The lowest BCUT2D eigenvalue weighted by Crippen LogP contribution is -1.85. The fourth-order valence-corrected chi connectivity index (χ4v) is 1.38. The number of para-hydroxylation sites is 1. The highest BCUT2D eigenvalue weighted by Crippen LogP contribution is 2.26. The summed E-state index contributed by atoms with van der Waals surface area (Å²) in [7, 11) is 1.54. The highest BCUT2D eigenvalue weighted by Gasteiger charge is 1.99. The van der Waals surface area contributed by atoms with Crippen molar-refractivity contribution >= 4 is 0 Å². The van der Waals surface area contributed by atoms with Gasteiger partial charge in [0.1, 0.15) is 5.75 Å². The van der Waals surface area contributed by atoms with Crippen LogP contribution in [0.5, 0.6) is 17.2 Å². The quantitative estimate of drug-likeness (QED) is 0.854. The highest BCUT2D eigenvalue weighted by molar-refractivity contribution is 5.41. The van der Waals surface area contributed by atoms with Crippen LogP contribution in [-0.2, 0) is 6.42 Å². The van der Waals surface area contributed by atoms with Crippen molar-refractivity contribution in [2.24, 2.45) is 0 Å². The summed E-state index contributed by atoms with van der Waals surface area (Å²) in [6.07, 6.45) is 0.928. The average molecular weight is 246 g/mol. The van der Waals surface area contributed by atoms with Crippen molar-refractivity contribution < 1.29 is 14.9 Å². The average Bonchev–Trinajstić information content (AvgIpc) is 2.40. The number of ether oxygens (including phenoxy) is 1. The minimum absolute atomic E-state index is 0.215. The molecule has 2 aromatic rings. The second kappa shape index (κ2) is 7.22. The molecule has 0 aliphatic carbocycles. The first-order chi connectivity index (χ1) is 8.67. The van der Waals surface area contributed by atoms with E-state index in [2.05, 4.69) is 0 Å². The molecule has 96 valence electrons. The molecule has 0 amide bonds. The van der Waals surface area contributed by atoms with Crippen molar-refractivity contribution in [3.05, 3.63) is 54.1 Å². The third-order valence-corrected chi connectivity index (χ3v) is 2.41. The number of phenolic OH excluding ortho intramolecular Hbond substituents is 2. The summed E-state index contributed by atoms with van der Waals surface area (Å²) in [5.41, 5.74) is 1.11. The van der Waals surface area contributed by atoms with Gasteiger partial charge in [0, 0.05) is 0 Å². The number of aromatic hydroxyl groups is 2. The van der Waals surface area contributed by atoms with Gasteiger partial charge in [-0.2, -0.15) is 0 Å². The van der Waals surface area contributed by atoms with Crippen molar-refractivity contribution in [1.29, 1.82) is 0 Å². The molecule has 18 heavy (non-hydrogen) atoms. The zero-order valence-electron chi connectivity index (χ0n) is 10.6. The Morgan fingerprint density at radius 1 is 1.00 bits per heavy atom. The summed E-state index contributed by atoms with van der Waals surface area (Å²) in [6.45, 7) is 2.04. The van der Waals surface area contributed by atoms with Crippen molar-refractivity contribution in [3.8, 4) is 17.2 Å². The lowest BCUT2D eigenvalue weighted by atomic mass is 10.1. The van der Waals surface area contributed by atoms with Crippen LogP contribution in [-0.4, -0.2) is 17.3 Å². The predicted octanol–water partition coefficient (Wildman–Crippen LogP) is 3.36. The zero-order valence-corrected chi connectivity index (χ0v) is 10.6. The fraction of sp³-hybridized carbons (Fsp3) is 0.200. The summed E-state index contributed by atoms with van der Waals surface area (Å²) >= 11 is 0. The number of hydrogen-bond donors (Lipinski definition) is 2. The Bertz CT molecular complexity index is 466. The van der Waals surface area contributed by atoms with Gasteiger partial charge in [0.15, 0.2) is 11.5 Å². The number of aryl methyl sites for hydroxylation is 1. The summed E-state index contributed by atoms with van der Waals surface area (Å²) in [5, 5.41) is 17.9. The molecule has 3 nitrogen and oxygen atoms in total.